The van der Waals surface area contributed by atoms with Crippen LogP contribution in [0, 0.1) is 11.2 Å². The minimum Gasteiger partial charge on any atom is -0.403 e. The molecule has 1 aromatic carbocycles. The van der Waals surface area contributed by atoms with Crippen molar-refractivity contribution in [2.75, 3.05) is 18.4 Å². The molecule has 2 aromatic heterocycles. The van der Waals surface area contributed by atoms with Crippen LogP contribution in [0.1, 0.15) is 24.7 Å². The van der Waals surface area contributed by atoms with Gasteiger partial charge in [-0.15, -0.1) is 13.2 Å². The minimum atomic E-state index is -4.98. The summed E-state index contributed by atoms with van der Waals surface area (Å²) in [6, 6.07) is 6.24. The number of aromatic nitrogens is 3. The molecule has 1 saturated heterocycles. The van der Waals surface area contributed by atoms with Crippen molar-refractivity contribution in [2.45, 2.75) is 25.1 Å². The average Bonchev–Trinajstić information content (AvgIpc) is 3.26. The van der Waals surface area contributed by atoms with E-state index in [-0.39, 0.29) is 17.6 Å². The number of ether oxygens (including phenoxy) is 1. The van der Waals surface area contributed by atoms with Gasteiger partial charge in [0.15, 0.2) is 17.5 Å². The summed E-state index contributed by atoms with van der Waals surface area (Å²) in [5, 5.41) is 14.4. The maximum atomic E-state index is 13.9. The number of pyridine rings is 1. The fourth-order valence-corrected chi connectivity index (χ4v) is 3.45. The second-order valence-electron chi connectivity index (χ2n) is 7.38. The van der Waals surface area contributed by atoms with Crippen LogP contribution in [0.4, 0.5) is 29.1 Å². The molecule has 4 N–H and O–H groups in total. The number of anilines is 2. The molecule has 0 aliphatic carbocycles. The number of nitrogens with two attached hydrogens (primary N) is 1. The molecule has 9 nitrogen and oxygen atoms in total. The van der Waals surface area contributed by atoms with Gasteiger partial charge in [-0.25, -0.2) is 9.37 Å². The van der Waals surface area contributed by atoms with Gasteiger partial charge in [0.05, 0.1) is 5.92 Å². The van der Waals surface area contributed by atoms with E-state index in [4.69, 9.17) is 15.7 Å². The molecule has 0 bridgehead atoms. The molecule has 1 fully saturated rings. The molecule has 4 rings (SSSR count). The van der Waals surface area contributed by atoms with Gasteiger partial charge >= 0.3 is 6.36 Å². The quantitative estimate of drug-likeness (QED) is 0.293. The fraction of sp³-hybridized carbons (Fsp3) is 0.300. The molecule has 1 aliphatic heterocycles. The van der Waals surface area contributed by atoms with Gasteiger partial charge in [-0.1, -0.05) is 5.16 Å². The monoisotopic (exact) mass is 465 g/mol. The Labute approximate surface area is 185 Å². The van der Waals surface area contributed by atoms with Crippen LogP contribution in [0.3, 0.4) is 0 Å². The summed E-state index contributed by atoms with van der Waals surface area (Å²) in [4.78, 5) is 10.4. The summed E-state index contributed by atoms with van der Waals surface area (Å²) in [7, 11) is 0. The van der Waals surface area contributed by atoms with Gasteiger partial charge in [0.25, 0.3) is 0 Å². The summed E-state index contributed by atoms with van der Waals surface area (Å²) >= 11 is 0. The van der Waals surface area contributed by atoms with Gasteiger partial charge in [0.2, 0.25) is 11.7 Å². The maximum Gasteiger partial charge on any atom is 0.573 e. The summed E-state index contributed by atoms with van der Waals surface area (Å²) in [6.07, 6.45) is -1.80. The third-order valence-corrected chi connectivity index (χ3v) is 5.00. The molecular formula is C20H19F4N7O2. The highest BCUT2D eigenvalue weighted by molar-refractivity contribution is 5.74. The number of halogens is 4. The molecule has 3 aromatic rings. The van der Waals surface area contributed by atoms with Gasteiger partial charge in [0.1, 0.15) is 5.82 Å². The highest BCUT2D eigenvalue weighted by atomic mass is 19.4. The van der Waals surface area contributed by atoms with Crippen LogP contribution in [-0.2, 0) is 0 Å². The number of rotatable bonds is 5. The highest BCUT2D eigenvalue weighted by Crippen LogP contribution is 2.29. The van der Waals surface area contributed by atoms with E-state index in [1.54, 1.807) is 17.0 Å². The molecular weight excluding hydrogens is 446 g/mol. The molecule has 33 heavy (non-hydrogen) atoms. The lowest BCUT2D eigenvalue weighted by Crippen LogP contribution is -2.42. The van der Waals surface area contributed by atoms with Crippen molar-refractivity contribution in [1.82, 2.24) is 20.0 Å². The van der Waals surface area contributed by atoms with Gasteiger partial charge in [-0.2, -0.15) is 4.98 Å². The van der Waals surface area contributed by atoms with E-state index in [9.17, 15) is 17.6 Å². The Morgan fingerprint density at radius 2 is 2.09 bits per heavy atom. The van der Waals surface area contributed by atoms with Crippen LogP contribution in [0.15, 0.2) is 41.1 Å². The Morgan fingerprint density at radius 1 is 1.27 bits per heavy atom. The molecule has 13 heteroatoms. The fourth-order valence-electron chi connectivity index (χ4n) is 3.45. The molecule has 1 atom stereocenters. The number of piperidine rings is 1. The SMILES string of the molecule is N=C(N)N1CCCC(c2nc(-c3ccc(Nc4ccc(OC(F)(F)F)c(F)c4)nc3)no2)C1. The normalized spacial score (nSPS) is 16.5. The molecule has 0 spiro atoms. The van der Waals surface area contributed by atoms with E-state index in [0.29, 0.717) is 36.2 Å². The smallest absolute Gasteiger partial charge is 0.403 e. The van der Waals surface area contributed by atoms with Gasteiger partial charge < -0.3 is 25.2 Å². The number of nitrogens with one attached hydrogen (secondary N) is 2. The average molecular weight is 465 g/mol. The summed E-state index contributed by atoms with van der Waals surface area (Å²) in [6.45, 7) is 1.24. The van der Waals surface area contributed by atoms with Crippen molar-refractivity contribution in [2.24, 2.45) is 5.73 Å². The molecule has 0 saturated carbocycles. The van der Waals surface area contributed by atoms with Crippen LogP contribution in [-0.4, -0.2) is 45.4 Å². The first kappa shape index (κ1) is 22.3. The number of benzene rings is 1. The van der Waals surface area contributed by atoms with Crippen molar-refractivity contribution in [1.29, 1.82) is 5.41 Å². The van der Waals surface area contributed by atoms with Crippen LogP contribution in [0.5, 0.6) is 5.75 Å². The second kappa shape index (κ2) is 8.92. The number of guanidine groups is 1. The van der Waals surface area contributed by atoms with Crippen LogP contribution in [0.25, 0.3) is 11.4 Å². The zero-order chi connectivity index (χ0) is 23.6. The predicted octanol–water partition coefficient (Wildman–Crippen LogP) is 3.99. The number of hydrogen-bond acceptors (Lipinski definition) is 7. The lowest BCUT2D eigenvalue weighted by atomic mass is 9.98. The molecule has 0 amide bonds. The van der Waals surface area contributed by atoms with Crippen molar-refractivity contribution >= 4 is 17.5 Å². The van der Waals surface area contributed by atoms with E-state index in [1.807, 2.05) is 0 Å². The van der Waals surface area contributed by atoms with Gasteiger partial charge in [-0.3, -0.25) is 5.41 Å². The largest absolute Gasteiger partial charge is 0.573 e. The number of hydrogen-bond donors (Lipinski definition) is 3. The minimum absolute atomic E-state index is 0.00845. The molecule has 1 unspecified atom stereocenters. The Kier molecular flexibility index (Phi) is 6.03. The third-order valence-electron chi connectivity index (χ3n) is 5.00. The Balaban J connectivity index is 1.42. The van der Waals surface area contributed by atoms with Crippen molar-refractivity contribution in [3.8, 4) is 17.1 Å². The van der Waals surface area contributed by atoms with Crippen LogP contribution in [0.2, 0.25) is 0 Å². The lowest BCUT2D eigenvalue weighted by Gasteiger charge is -2.30. The number of likely N-dealkylation sites (tertiary alicyclic amines) is 1. The topological polar surface area (TPSA) is 126 Å². The lowest BCUT2D eigenvalue weighted by molar-refractivity contribution is -0.275. The predicted molar refractivity (Wildman–Crippen MR) is 109 cm³/mol. The van der Waals surface area contributed by atoms with Crippen LogP contribution >= 0.6 is 0 Å². The summed E-state index contributed by atoms with van der Waals surface area (Å²) < 4.78 is 59.6. The summed E-state index contributed by atoms with van der Waals surface area (Å²) in [5.74, 6) is -0.992. The Morgan fingerprint density at radius 3 is 2.76 bits per heavy atom. The first-order valence-corrected chi connectivity index (χ1v) is 9.89. The van der Waals surface area contributed by atoms with E-state index in [1.165, 1.54) is 12.3 Å². The number of alkyl halides is 3. The second-order valence-corrected chi connectivity index (χ2v) is 7.38. The van der Waals surface area contributed by atoms with E-state index < -0.39 is 17.9 Å². The first-order chi connectivity index (χ1) is 15.7. The molecule has 3 heterocycles. The van der Waals surface area contributed by atoms with Crippen molar-refractivity contribution in [3.63, 3.8) is 0 Å². The zero-order valence-electron chi connectivity index (χ0n) is 17.1. The Bertz CT molecular complexity index is 1130. The molecule has 174 valence electrons. The maximum absolute atomic E-state index is 13.9. The summed E-state index contributed by atoms with van der Waals surface area (Å²) in [5.41, 5.74) is 6.34. The van der Waals surface area contributed by atoms with Crippen molar-refractivity contribution < 1.29 is 26.8 Å². The molecule has 1 aliphatic rings. The van der Waals surface area contributed by atoms with E-state index >= 15 is 0 Å². The van der Waals surface area contributed by atoms with Crippen LogP contribution < -0.4 is 15.8 Å². The van der Waals surface area contributed by atoms with Crippen molar-refractivity contribution in [3.05, 3.63) is 48.2 Å². The molecule has 0 radical (unpaired) electrons. The van der Waals surface area contributed by atoms with Gasteiger partial charge in [-0.05, 0) is 37.1 Å². The highest BCUT2D eigenvalue weighted by Gasteiger charge is 2.32. The van der Waals surface area contributed by atoms with E-state index in [2.05, 4.69) is 25.2 Å². The zero-order valence-corrected chi connectivity index (χ0v) is 17.1. The number of nitrogens with zero attached hydrogens (tertiary/aromatic N) is 4. The van der Waals surface area contributed by atoms with E-state index in [0.717, 1.165) is 25.0 Å². The first-order valence-electron chi connectivity index (χ1n) is 9.89. The third kappa shape index (κ3) is 5.48. The Hall–Kier alpha value is -3.90. The standard InChI is InChI=1S/C20H19F4N7O2/c21-14-8-13(4-5-15(14)32-20(22,23)24)28-16-6-3-11(9-27-16)17-29-18(33-30-17)12-2-1-7-31(10-12)19(25)26/h3-6,8-9,12H,1-2,7,10H2,(H3,25,26)(H,27,28). The van der Waals surface area contributed by atoms with Gasteiger partial charge in [0, 0.05) is 36.6 Å².